The van der Waals surface area contributed by atoms with Gasteiger partial charge in [0.15, 0.2) is 0 Å². The highest BCUT2D eigenvalue weighted by Gasteiger charge is 2.37. The number of hydrogen-bond acceptors (Lipinski definition) is 7. The van der Waals surface area contributed by atoms with Crippen LogP contribution in [0.5, 0.6) is 11.5 Å². The lowest BCUT2D eigenvalue weighted by atomic mass is 10.1. The Kier molecular flexibility index (Phi) is 5.50. The fourth-order valence-electron chi connectivity index (χ4n) is 2.92. The van der Waals surface area contributed by atoms with E-state index in [0.717, 1.165) is 22.6 Å². The Hall–Kier alpha value is -4.21. The largest absolute Gasteiger partial charge is 0.865 e. The van der Waals surface area contributed by atoms with Crippen molar-refractivity contribution in [3.05, 3.63) is 63.2 Å². The van der Waals surface area contributed by atoms with Gasteiger partial charge in [0, 0.05) is 11.8 Å². The molecule has 0 radical (unpaired) electrons. The molecule has 1 heterocycles. The highest BCUT2D eigenvalue weighted by molar-refractivity contribution is 6.39. The molecule has 10 nitrogen and oxygen atoms in total. The van der Waals surface area contributed by atoms with Crippen molar-refractivity contribution in [3.8, 4) is 11.5 Å². The lowest BCUT2D eigenvalue weighted by molar-refractivity contribution is -0.398. The van der Waals surface area contributed by atoms with E-state index >= 15 is 0 Å². The number of anilines is 1. The van der Waals surface area contributed by atoms with Gasteiger partial charge in [0.05, 0.1) is 17.2 Å². The SMILES string of the molecule is CCOc1cc(/C=C2/C(=O)NC(=O)N(c3cccc(C)c3)C2=O)cc([N+](=O)[O-])c1[O-]. The first-order valence-corrected chi connectivity index (χ1v) is 8.83. The first kappa shape index (κ1) is 20.5. The van der Waals surface area contributed by atoms with Crippen LogP contribution in [-0.2, 0) is 9.59 Å². The molecule has 1 N–H and O–H groups in total. The molecule has 1 saturated heterocycles. The second kappa shape index (κ2) is 8.03. The summed E-state index contributed by atoms with van der Waals surface area (Å²) in [5, 5.41) is 25.4. The summed E-state index contributed by atoms with van der Waals surface area (Å²) >= 11 is 0. The lowest BCUT2D eigenvalue weighted by Gasteiger charge is -2.26. The van der Waals surface area contributed by atoms with Crippen molar-refractivity contribution in [1.29, 1.82) is 0 Å². The van der Waals surface area contributed by atoms with E-state index < -0.39 is 39.8 Å². The number of nitro groups is 1. The average molecular weight is 410 g/mol. The number of barbiturate groups is 1. The van der Waals surface area contributed by atoms with E-state index in [1.165, 1.54) is 12.1 Å². The number of rotatable bonds is 5. The minimum atomic E-state index is -0.958. The van der Waals surface area contributed by atoms with Crippen LogP contribution >= 0.6 is 0 Å². The van der Waals surface area contributed by atoms with Gasteiger partial charge in [0.2, 0.25) is 0 Å². The fraction of sp³-hybridized carbons (Fsp3) is 0.150. The van der Waals surface area contributed by atoms with Crippen LogP contribution in [0, 0.1) is 17.0 Å². The summed E-state index contributed by atoms with van der Waals surface area (Å²) < 4.78 is 5.14. The fourth-order valence-corrected chi connectivity index (χ4v) is 2.92. The number of amides is 4. The average Bonchev–Trinajstić information content (AvgIpc) is 2.67. The van der Waals surface area contributed by atoms with Gasteiger partial charge in [-0.2, -0.15) is 0 Å². The van der Waals surface area contributed by atoms with E-state index in [2.05, 4.69) is 5.32 Å². The molecule has 0 saturated carbocycles. The van der Waals surface area contributed by atoms with Gasteiger partial charge >= 0.3 is 6.03 Å². The molecule has 154 valence electrons. The molecule has 1 aliphatic rings. The molecule has 1 fully saturated rings. The molecule has 0 spiro atoms. The monoisotopic (exact) mass is 410 g/mol. The number of ether oxygens (including phenoxy) is 1. The number of imide groups is 2. The summed E-state index contributed by atoms with van der Waals surface area (Å²) in [5.41, 5.74) is -0.110. The quantitative estimate of drug-likeness (QED) is 0.344. The van der Waals surface area contributed by atoms with Crippen LogP contribution in [0.1, 0.15) is 18.1 Å². The highest BCUT2D eigenvalue weighted by Crippen LogP contribution is 2.36. The predicted octanol–water partition coefficient (Wildman–Crippen LogP) is 2.04. The van der Waals surface area contributed by atoms with Crippen LogP contribution in [0.25, 0.3) is 6.08 Å². The van der Waals surface area contributed by atoms with Crippen LogP contribution in [0.2, 0.25) is 0 Å². The van der Waals surface area contributed by atoms with E-state index in [4.69, 9.17) is 4.74 Å². The Morgan fingerprint density at radius 3 is 2.57 bits per heavy atom. The molecule has 30 heavy (non-hydrogen) atoms. The molecule has 0 unspecified atom stereocenters. The number of urea groups is 1. The van der Waals surface area contributed by atoms with Gasteiger partial charge in [-0.15, -0.1) is 0 Å². The zero-order valence-electron chi connectivity index (χ0n) is 16.0. The standard InChI is InChI=1S/C20H17N3O7/c1-3-30-16-10-12(9-15(17(16)24)23(28)29)8-14-18(25)21-20(27)22(19(14)26)13-6-4-5-11(2)7-13/h4-10,24H,3H2,1-2H3,(H,21,25,27)/p-1/b14-8-. The number of carbonyl (C=O) groups is 3. The van der Waals surface area contributed by atoms with Crippen LogP contribution in [0.3, 0.4) is 0 Å². The van der Waals surface area contributed by atoms with Gasteiger partial charge in [-0.1, -0.05) is 12.1 Å². The van der Waals surface area contributed by atoms with Crippen molar-refractivity contribution < 1.29 is 29.2 Å². The van der Waals surface area contributed by atoms with Crippen LogP contribution in [-0.4, -0.2) is 29.4 Å². The van der Waals surface area contributed by atoms with E-state index in [1.807, 2.05) is 0 Å². The van der Waals surface area contributed by atoms with Crippen LogP contribution in [0.15, 0.2) is 42.0 Å². The van der Waals surface area contributed by atoms with E-state index in [1.54, 1.807) is 32.0 Å². The van der Waals surface area contributed by atoms with Crippen molar-refractivity contribution in [2.75, 3.05) is 11.5 Å². The van der Waals surface area contributed by atoms with Gasteiger partial charge in [-0.25, -0.2) is 9.69 Å². The number of nitro benzene ring substituents is 1. The minimum Gasteiger partial charge on any atom is -0.865 e. The molecule has 0 aliphatic carbocycles. The molecule has 10 heteroatoms. The molecule has 2 aromatic rings. The van der Waals surface area contributed by atoms with Crippen molar-refractivity contribution >= 4 is 35.3 Å². The first-order chi connectivity index (χ1) is 14.2. The Balaban J connectivity index is 2.09. The topological polar surface area (TPSA) is 142 Å². The summed E-state index contributed by atoms with van der Waals surface area (Å²) in [6, 6.07) is 7.76. The third kappa shape index (κ3) is 3.83. The Morgan fingerprint density at radius 1 is 1.20 bits per heavy atom. The van der Waals surface area contributed by atoms with Gasteiger partial charge < -0.3 is 9.84 Å². The van der Waals surface area contributed by atoms with Crippen LogP contribution < -0.4 is 20.1 Å². The number of nitrogens with zero attached hydrogens (tertiary/aromatic N) is 2. The molecule has 0 atom stereocenters. The Morgan fingerprint density at radius 2 is 1.93 bits per heavy atom. The summed E-state index contributed by atoms with van der Waals surface area (Å²) in [6.07, 6.45) is 1.07. The number of benzene rings is 2. The van der Waals surface area contributed by atoms with Crippen molar-refractivity contribution in [2.24, 2.45) is 0 Å². The van der Waals surface area contributed by atoms with Crippen molar-refractivity contribution in [2.45, 2.75) is 13.8 Å². The lowest BCUT2D eigenvalue weighted by Crippen LogP contribution is -2.54. The Labute approximate surface area is 170 Å². The molecular weight excluding hydrogens is 394 g/mol. The van der Waals surface area contributed by atoms with Crippen molar-refractivity contribution in [3.63, 3.8) is 0 Å². The van der Waals surface area contributed by atoms with Gasteiger partial charge in [0.25, 0.3) is 17.5 Å². The first-order valence-electron chi connectivity index (χ1n) is 8.83. The third-order valence-corrected chi connectivity index (χ3v) is 4.23. The van der Waals surface area contributed by atoms with Gasteiger partial charge in [-0.05, 0) is 49.2 Å². The molecule has 1 aliphatic heterocycles. The zero-order valence-corrected chi connectivity index (χ0v) is 16.0. The zero-order chi connectivity index (χ0) is 22.0. The van der Waals surface area contributed by atoms with Gasteiger partial charge in [-0.3, -0.25) is 25.0 Å². The number of nitrogens with one attached hydrogen (secondary N) is 1. The second-order valence-electron chi connectivity index (χ2n) is 6.35. The van der Waals surface area contributed by atoms with E-state index in [9.17, 15) is 29.6 Å². The van der Waals surface area contributed by atoms with Gasteiger partial charge in [0.1, 0.15) is 11.3 Å². The summed E-state index contributed by atoms with van der Waals surface area (Å²) in [5.74, 6) is -3.06. The normalized spacial score (nSPS) is 15.3. The molecular formula is C20H16N3O7-. The number of hydrogen-bond donors (Lipinski definition) is 1. The molecule has 0 aromatic heterocycles. The maximum atomic E-state index is 12.9. The molecule has 2 aromatic carbocycles. The van der Waals surface area contributed by atoms with Crippen LogP contribution in [0.4, 0.5) is 16.2 Å². The maximum Gasteiger partial charge on any atom is 0.335 e. The number of carbonyl (C=O) groups excluding carboxylic acids is 3. The second-order valence-corrected chi connectivity index (χ2v) is 6.35. The summed E-state index contributed by atoms with van der Waals surface area (Å²) in [7, 11) is 0. The maximum absolute atomic E-state index is 12.9. The molecule has 4 amide bonds. The smallest absolute Gasteiger partial charge is 0.335 e. The third-order valence-electron chi connectivity index (χ3n) is 4.23. The highest BCUT2D eigenvalue weighted by atomic mass is 16.6. The van der Waals surface area contributed by atoms with E-state index in [-0.39, 0.29) is 23.6 Å². The minimum absolute atomic E-state index is 0.0294. The number of aryl methyl sites for hydroxylation is 1. The summed E-state index contributed by atoms with van der Waals surface area (Å²) in [4.78, 5) is 48.5. The molecule has 0 bridgehead atoms. The summed E-state index contributed by atoms with van der Waals surface area (Å²) in [6.45, 7) is 3.46. The Bertz CT molecular complexity index is 1110. The van der Waals surface area contributed by atoms with E-state index in [0.29, 0.717) is 0 Å². The molecule has 3 rings (SSSR count). The van der Waals surface area contributed by atoms with Crippen molar-refractivity contribution in [1.82, 2.24) is 5.32 Å². The predicted molar refractivity (Wildman–Crippen MR) is 104 cm³/mol.